The summed E-state index contributed by atoms with van der Waals surface area (Å²) in [6.07, 6.45) is 5.89. The molecule has 15 heavy (non-hydrogen) atoms. The van der Waals surface area contributed by atoms with Crippen LogP contribution < -0.4 is 5.32 Å². The molecule has 5 heteroatoms. The first-order valence-electron chi connectivity index (χ1n) is 4.83. The van der Waals surface area contributed by atoms with E-state index in [0.29, 0.717) is 11.4 Å². The number of unbranched alkanes of at least 4 members (excludes halogenated alkanes) is 1. The first-order valence-corrected chi connectivity index (χ1v) is 6.22. The molecule has 0 aliphatic carbocycles. The molecule has 1 N–H and O–H groups in total. The predicted molar refractivity (Wildman–Crippen MR) is 62.9 cm³/mol. The number of nitrogens with one attached hydrogen (secondary N) is 1. The summed E-state index contributed by atoms with van der Waals surface area (Å²) in [5.41, 5.74) is 0.551. The number of rotatable bonds is 6. The first kappa shape index (κ1) is 11.8. The van der Waals surface area contributed by atoms with Crippen molar-refractivity contribution in [2.45, 2.75) is 12.8 Å². The molecule has 0 atom stereocenters. The maximum Gasteiger partial charge on any atom is 0.166 e. The predicted octanol–water partition coefficient (Wildman–Crippen LogP) is 1.90. The van der Waals surface area contributed by atoms with Crippen molar-refractivity contribution in [2.24, 2.45) is 0 Å². The molecular weight excluding hydrogens is 208 g/mol. The van der Waals surface area contributed by atoms with Crippen molar-refractivity contribution in [3.63, 3.8) is 0 Å². The molecule has 0 aromatic carbocycles. The number of nitrogens with zero attached hydrogens (tertiary/aromatic N) is 3. The van der Waals surface area contributed by atoms with E-state index in [1.807, 2.05) is 11.8 Å². The van der Waals surface area contributed by atoms with E-state index < -0.39 is 0 Å². The maximum absolute atomic E-state index is 8.80. The molecule has 0 bridgehead atoms. The SMILES string of the molecule is CSCCCCNc1nnccc1C#N. The fourth-order valence-corrected chi connectivity index (χ4v) is 1.62. The van der Waals surface area contributed by atoms with Gasteiger partial charge in [0.15, 0.2) is 5.82 Å². The lowest BCUT2D eigenvalue weighted by molar-refractivity contribution is 0.834. The zero-order chi connectivity index (χ0) is 10.9. The molecule has 0 spiro atoms. The molecule has 0 saturated carbocycles. The third-order valence-electron chi connectivity index (χ3n) is 1.91. The molecule has 0 aliphatic rings. The van der Waals surface area contributed by atoms with Crippen LogP contribution in [0.1, 0.15) is 18.4 Å². The van der Waals surface area contributed by atoms with E-state index in [-0.39, 0.29) is 0 Å². The van der Waals surface area contributed by atoms with E-state index in [9.17, 15) is 0 Å². The molecule has 80 valence electrons. The molecule has 0 radical (unpaired) electrons. The van der Waals surface area contributed by atoms with Gasteiger partial charge in [0, 0.05) is 6.54 Å². The minimum Gasteiger partial charge on any atom is -0.367 e. The minimum atomic E-state index is 0.551. The normalized spacial score (nSPS) is 9.60. The molecule has 1 aromatic rings. The molecule has 1 aromatic heterocycles. The summed E-state index contributed by atoms with van der Waals surface area (Å²) >= 11 is 1.85. The average molecular weight is 222 g/mol. The van der Waals surface area contributed by atoms with Gasteiger partial charge >= 0.3 is 0 Å². The highest BCUT2D eigenvalue weighted by Crippen LogP contribution is 2.08. The van der Waals surface area contributed by atoms with Crippen LogP contribution in [-0.4, -0.2) is 28.8 Å². The highest BCUT2D eigenvalue weighted by atomic mass is 32.2. The smallest absolute Gasteiger partial charge is 0.166 e. The van der Waals surface area contributed by atoms with Gasteiger partial charge in [0.1, 0.15) is 6.07 Å². The summed E-state index contributed by atoms with van der Waals surface area (Å²) < 4.78 is 0. The molecule has 0 saturated heterocycles. The first-order chi connectivity index (χ1) is 7.38. The fourth-order valence-electron chi connectivity index (χ4n) is 1.13. The number of anilines is 1. The highest BCUT2D eigenvalue weighted by molar-refractivity contribution is 7.98. The van der Waals surface area contributed by atoms with E-state index in [1.54, 1.807) is 6.07 Å². The van der Waals surface area contributed by atoms with Crippen molar-refractivity contribution in [1.29, 1.82) is 5.26 Å². The lowest BCUT2D eigenvalue weighted by atomic mass is 10.3. The van der Waals surface area contributed by atoms with Gasteiger partial charge in [-0.1, -0.05) is 0 Å². The van der Waals surface area contributed by atoms with Gasteiger partial charge in [-0.25, -0.2) is 0 Å². The Morgan fingerprint density at radius 3 is 3.13 bits per heavy atom. The van der Waals surface area contributed by atoms with Gasteiger partial charge < -0.3 is 5.32 Å². The summed E-state index contributed by atoms with van der Waals surface area (Å²) in [6.45, 7) is 0.841. The topological polar surface area (TPSA) is 61.6 Å². The van der Waals surface area contributed by atoms with Crippen molar-refractivity contribution in [1.82, 2.24) is 10.2 Å². The molecule has 4 nitrogen and oxygen atoms in total. The Morgan fingerprint density at radius 1 is 1.53 bits per heavy atom. The molecule has 1 heterocycles. The van der Waals surface area contributed by atoms with Gasteiger partial charge in [-0.3, -0.25) is 0 Å². The van der Waals surface area contributed by atoms with Gasteiger partial charge in [-0.2, -0.15) is 22.1 Å². The standard InChI is InChI=1S/C10H14N4S/c1-15-7-3-2-5-12-10-9(8-11)4-6-13-14-10/h4,6H,2-3,5,7H2,1H3,(H,12,14). The summed E-state index contributed by atoms with van der Waals surface area (Å²) in [5, 5.41) is 19.5. The average Bonchev–Trinajstić information content (AvgIpc) is 2.29. The van der Waals surface area contributed by atoms with Crippen LogP contribution >= 0.6 is 11.8 Å². The van der Waals surface area contributed by atoms with Crippen LogP contribution in [0, 0.1) is 11.3 Å². The summed E-state index contributed by atoms with van der Waals surface area (Å²) in [7, 11) is 0. The largest absolute Gasteiger partial charge is 0.367 e. The quantitative estimate of drug-likeness (QED) is 0.745. The van der Waals surface area contributed by atoms with Crippen molar-refractivity contribution in [2.75, 3.05) is 23.9 Å². The Morgan fingerprint density at radius 2 is 2.40 bits per heavy atom. The second-order valence-corrected chi connectivity index (χ2v) is 4.02. The summed E-state index contributed by atoms with van der Waals surface area (Å²) in [5.74, 6) is 1.76. The molecular formula is C10H14N4S. The van der Waals surface area contributed by atoms with E-state index in [2.05, 4.69) is 27.8 Å². The van der Waals surface area contributed by atoms with Crippen molar-refractivity contribution in [3.05, 3.63) is 17.8 Å². The zero-order valence-electron chi connectivity index (χ0n) is 8.73. The van der Waals surface area contributed by atoms with Crippen molar-refractivity contribution >= 4 is 17.6 Å². The lowest BCUT2D eigenvalue weighted by Crippen LogP contribution is -2.06. The Bertz CT molecular complexity index is 334. The van der Waals surface area contributed by atoms with Crippen LogP contribution in [0.25, 0.3) is 0 Å². The molecule has 0 unspecified atom stereocenters. The van der Waals surface area contributed by atoms with Crippen molar-refractivity contribution in [3.8, 4) is 6.07 Å². The van der Waals surface area contributed by atoms with Gasteiger partial charge in [0.2, 0.25) is 0 Å². The second kappa shape index (κ2) is 7.07. The van der Waals surface area contributed by atoms with Crippen LogP contribution in [0.2, 0.25) is 0 Å². The zero-order valence-corrected chi connectivity index (χ0v) is 9.55. The maximum atomic E-state index is 8.80. The fraction of sp³-hybridized carbons (Fsp3) is 0.500. The molecule has 0 aliphatic heterocycles. The van der Waals surface area contributed by atoms with Gasteiger partial charge in [-0.15, -0.1) is 5.10 Å². The Hall–Kier alpha value is -1.28. The molecule has 1 rings (SSSR count). The van der Waals surface area contributed by atoms with E-state index in [4.69, 9.17) is 5.26 Å². The summed E-state index contributed by atoms with van der Waals surface area (Å²) in [6, 6.07) is 3.74. The van der Waals surface area contributed by atoms with Crippen LogP contribution in [0.5, 0.6) is 0 Å². The van der Waals surface area contributed by atoms with Crippen molar-refractivity contribution < 1.29 is 0 Å². The number of hydrogen-bond donors (Lipinski definition) is 1. The lowest BCUT2D eigenvalue weighted by Gasteiger charge is -2.04. The van der Waals surface area contributed by atoms with Crippen LogP contribution in [-0.2, 0) is 0 Å². The Balaban J connectivity index is 2.34. The number of thioether (sulfide) groups is 1. The van der Waals surface area contributed by atoms with Crippen LogP contribution in [0.3, 0.4) is 0 Å². The molecule has 0 fully saturated rings. The van der Waals surface area contributed by atoms with Gasteiger partial charge in [0.05, 0.1) is 11.8 Å². The molecule has 0 amide bonds. The highest BCUT2D eigenvalue weighted by Gasteiger charge is 2.01. The third kappa shape index (κ3) is 4.17. The second-order valence-electron chi connectivity index (χ2n) is 3.03. The Kier molecular flexibility index (Phi) is 5.56. The van der Waals surface area contributed by atoms with Crippen LogP contribution in [0.4, 0.5) is 5.82 Å². The number of nitriles is 1. The number of hydrogen-bond acceptors (Lipinski definition) is 5. The number of aromatic nitrogens is 2. The van der Waals surface area contributed by atoms with E-state index >= 15 is 0 Å². The Labute approximate surface area is 94.1 Å². The van der Waals surface area contributed by atoms with Crippen LogP contribution in [0.15, 0.2) is 12.3 Å². The minimum absolute atomic E-state index is 0.551. The van der Waals surface area contributed by atoms with Gasteiger partial charge in [0.25, 0.3) is 0 Å². The van der Waals surface area contributed by atoms with E-state index in [1.165, 1.54) is 18.4 Å². The van der Waals surface area contributed by atoms with E-state index in [0.717, 1.165) is 13.0 Å². The monoisotopic (exact) mass is 222 g/mol. The van der Waals surface area contributed by atoms with Gasteiger partial charge in [-0.05, 0) is 30.9 Å². The third-order valence-corrected chi connectivity index (χ3v) is 2.61. The summed E-state index contributed by atoms with van der Waals surface area (Å²) in [4.78, 5) is 0.